The van der Waals surface area contributed by atoms with Crippen molar-refractivity contribution in [3.63, 3.8) is 0 Å². The number of nitrogens with one attached hydrogen (secondary N) is 3. The number of hydrogen-bond acceptors (Lipinski definition) is 17. The summed E-state index contributed by atoms with van der Waals surface area (Å²) in [5.74, 6) is 2.50. The number of amides is 2. The van der Waals surface area contributed by atoms with Gasteiger partial charge in [-0.05, 0) is 12.8 Å². The Morgan fingerprint density at radius 3 is 2.30 bits per heavy atom. The summed E-state index contributed by atoms with van der Waals surface area (Å²) < 4.78 is 45.1. The fourth-order valence-electron chi connectivity index (χ4n) is 5.68. The highest BCUT2D eigenvalue weighted by atomic mass is 16.7. The van der Waals surface area contributed by atoms with E-state index in [9.17, 15) is 43.8 Å². The molecular formula is C35H50N4O17. The fraction of sp³-hybridized carbons (Fsp3) is 0.686. The smallest absolute Gasteiger partial charge is 0.330 e. The summed E-state index contributed by atoms with van der Waals surface area (Å²) in [6.07, 6.45) is -5.15. The van der Waals surface area contributed by atoms with Crippen LogP contribution in [-0.4, -0.2) is 145 Å². The van der Waals surface area contributed by atoms with Crippen molar-refractivity contribution in [1.82, 2.24) is 20.2 Å². The molecule has 2 amide bonds. The van der Waals surface area contributed by atoms with Crippen LogP contribution in [0.3, 0.4) is 0 Å². The molecule has 21 heteroatoms. The molecule has 3 heterocycles. The first-order valence-electron chi connectivity index (χ1n) is 17.9. The van der Waals surface area contributed by atoms with E-state index < -0.39 is 90.8 Å². The summed E-state index contributed by atoms with van der Waals surface area (Å²) in [6, 6.07) is -1.09. The molecule has 2 saturated heterocycles. The number of H-pyrrole nitrogens is 1. The molecule has 8 atom stereocenters. The van der Waals surface area contributed by atoms with E-state index in [0.717, 1.165) is 18.4 Å². The molecule has 1 aromatic rings. The van der Waals surface area contributed by atoms with E-state index >= 15 is 0 Å². The summed E-state index contributed by atoms with van der Waals surface area (Å²) in [4.78, 5) is 86.2. The van der Waals surface area contributed by atoms with Gasteiger partial charge in [-0.15, -0.1) is 0 Å². The van der Waals surface area contributed by atoms with Crippen LogP contribution in [-0.2, 0) is 61.9 Å². The number of aliphatic hydroxyl groups is 2. The first kappa shape index (κ1) is 45.7. The van der Waals surface area contributed by atoms with Crippen LogP contribution in [0.2, 0.25) is 0 Å². The minimum Gasteiger partial charge on any atom is -0.463 e. The van der Waals surface area contributed by atoms with Crippen LogP contribution in [0.25, 0.3) is 0 Å². The van der Waals surface area contributed by atoms with Gasteiger partial charge in [0.05, 0.1) is 32.5 Å². The summed E-state index contributed by atoms with van der Waals surface area (Å²) >= 11 is 0. The number of aromatic nitrogens is 2. The summed E-state index contributed by atoms with van der Waals surface area (Å²) in [5.41, 5.74) is -1.44. The number of aliphatic hydroxyl groups excluding tert-OH is 2. The molecule has 2 aliphatic rings. The maximum absolute atomic E-state index is 12.3. The van der Waals surface area contributed by atoms with Crippen LogP contribution in [0, 0.1) is 11.8 Å². The molecular weight excluding hydrogens is 748 g/mol. The van der Waals surface area contributed by atoms with Gasteiger partial charge in [-0.1, -0.05) is 11.8 Å². The zero-order chi connectivity index (χ0) is 41.2. The summed E-state index contributed by atoms with van der Waals surface area (Å²) in [6.45, 7) is 4.80. The predicted octanol–water partition coefficient (Wildman–Crippen LogP) is -2.48. The van der Waals surface area contributed by atoms with Gasteiger partial charge in [0.15, 0.2) is 18.5 Å². The van der Waals surface area contributed by atoms with Crippen molar-refractivity contribution in [3.05, 3.63) is 32.6 Å². The van der Waals surface area contributed by atoms with E-state index in [1.54, 1.807) is 0 Å². The van der Waals surface area contributed by atoms with Crippen molar-refractivity contribution in [1.29, 1.82) is 0 Å². The number of unbranched alkanes of at least 4 members (excludes halogenated alkanes) is 1. The molecule has 0 spiro atoms. The van der Waals surface area contributed by atoms with E-state index in [1.165, 1.54) is 20.0 Å². The van der Waals surface area contributed by atoms with Crippen molar-refractivity contribution in [2.45, 2.75) is 102 Å². The van der Waals surface area contributed by atoms with Gasteiger partial charge in [0.2, 0.25) is 11.8 Å². The van der Waals surface area contributed by atoms with Crippen molar-refractivity contribution in [2.24, 2.45) is 0 Å². The Kier molecular flexibility index (Phi) is 19.1. The molecule has 0 saturated carbocycles. The molecule has 21 nitrogen and oxygen atoms in total. The third-order valence-corrected chi connectivity index (χ3v) is 8.15. The van der Waals surface area contributed by atoms with Crippen molar-refractivity contribution in [3.8, 4) is 11.8 Å². The highest BCUT2D eigenvalue weighted by Gasteiger charge is 2.51. The molecule has 2 aliphatic heterocycles. The normalized spacial score (nSPS) is 24.3. The highest BCUT2D eigenvalue weighted by molar-refractivity contribution is 5.75. The number of hydrogen-bond donors (Lipinski definition) is 5. The second-order valence-corrected chi connectivity index (χ2v) is 12.7. The summed E-state index contributed by atoms with van der Waals surface area (Å²) in [5, 5.41) is 24.6. The van der Waals surface area contributed by atoms with Crippen LogP contribution >= 0.6 is 0 Å². The molecule has 1 aromatic heterocycles. The second-order valence-electron chi connectivity index (χ2n) is 12.7. The molecule has 56 heavy (non-hydrogen) atoms. The molecule has 4 unspecified atom stereocenters. The molecule has 5 N–H and O–H groups in total. The minimum atomic E-state index is -1.24. The Hall–Kier alpha value is -4.69. The largest absolute Gasteiger partial charge is 0.463 e. The Morgan fingerprint density at radius 1 is 0.929 bits per heavy atom. The molecule has 0 aromatic carbocycles. The number of carbonyl (C=O) groups is 5. The van der Waals surface area contributed by atoms with E-state index in [-0.39, 0.29) is 70.5 Å². The fourth-order valence-corrected chi connectivity index (χ4v) is 5.68. The second kappa shape index (κ2) is 23.4. The van der Waals surface area contributed by atoms with E-state index in [0.29, 0.717) is 12.8 Å². The number of carbonyl (C=O) groups excluding carboxylic acids is 5. The number of ether oxygens (including phenoxy) is 8. The van der Waals surface area contributed by atoms with Crippen LogP contribution in [0.5, 0.6) is 0 Å². The quantitative estimate of drug-likeness (QED) is 0.0395. The van der Waals surface area contributed by atoms with Crippen molar-refractivity contribution in [2.75, 3.05) is 52.8 Å². The van der Waals surface area contributed by atoms with Crippen molar-refractivity contribution < 1.29 is 72.1 Å². The maximum atomic E-state index is 12.3. The molecule has 2 fully saturated rings. The molecule has 0 radical (unpaired) electrons. The minimum absolute atomic E-state index is 0.0108. The maximum Gasteiger partial charge on any atom is 0.330 e. The Balaban J connectivity index is 1.34. The van der Waals surface area contributed by atoms with Gasteiger partial charge in [0.1, 0.15) is 43.3 Å². The van der Waals surface area contributed by atoms with Gasteiger partial charge in [-0.3, -0.25) is 38.3 Å². The lowest BCUT2D eigenvalue weighted by Gasteiger charge is -2.44. The third kappa shape index (κ3) is 15.1. The van der Waals surface area contributed by atoms with Gasteiger partial charge in [-0.25, -0.2) is 4.79 Å². The standard InChI is InChI=1S/C35H50N4O17/c1-20(41)37-30-32(54-23(4)44)31(53-22(3)43)27(19-52-21(2)42)56-34(30)51-12-6-5-9-28(46)36-10-13-50-15-14-49-11-7-8-24-17-39(35(48)38-33(24)47)29-16-25(45)26(18-40)55-29/h17,25-27,29-32,34,40,45H,5-6,9-16,18-19H2,1-4H3,(H,36,46)(H,37,41)(H,38,47,48)/t25-,26-,27?,29-,30?,31?,32-,34?/m1/s1. The molecule has 3 rings (SSSR count). The van der Waals surface area contributed by atoms with Gasteiger partial charge in [-0.2, -0.15) is 0 Å². The average Bonchev–Trinajstić information content (AvgIpc) is 3.50. The molecule has 312 valence electrons. The van der Waals surface area contributed by atoms with E-state index in [2.05, 4.69) is 27.5 Å². The number of esters is 3. The van der Waals surface area contributed by atoms with Gasteiger partial charge in [0, 0.05) is 59.9 Å². The zero-order valence-electron chi connectivity index (χ0n) is 31.6. The lowest BCUT2D eigenvalue weighted by molar-refractivity contribution is -0.277. The molecule has 0 aliphatic carbocycles. The topological polar surface area (TPSA) is 279 Å². The Labute approximate surface area is 321 Å². The van der Waals surface area contributed by atoms with Crippen LogP contribution in [0.4, 0.5) is 0 Å². The van der Waals surface area contributed by atoms with Gasteiger partial charge >= 0.3 is 23.6 Å². The van der Waals surface area contributed by atoms with Crippen LogP contribution in [0.15, 0.2) is 15.8 Å². The van der Waals surface area contributed by atoms with Gasteiger partial charge in [0.25, 0.3) is 5.56 Å². The Bertz CT molecular complexity index is 1670. The number of aromatic amines is 1. The van der Waals surface area contributed by atoms with E-state index in [1.807, 2.05) is 0 Å². The van der Waals surface area contributed by atoms with Crippen LogP contribution in [0.1, 0.15) is 65.2 Å². The average molecular weight is 799 g/mol. The first-order valence-corrected chi connectivity index (χ1v) is 17.9. The number of nitrogens with zero attached hydrogens (tertiary/aromatic N) is 1. The lowest BCUT2D eigenvalue weighted by atomic mass is 9.96. The molecule has 0 bridgehead atoms. The van der Waals surface area contributed by atoms with Crippen LogP contribution < -0.4 is 21.9 Å². The number of rotatable bonds is 20. The first-order chi connectivity index (χ1) is 26.7. The Morgan fingerprint density at radius 2 is 1.64 bits per heavy atom. The lowest BCUT2D eigenvalue weighted by Crippen LogP contribution is -2.66. The van der Waals surface area contributed by atoms with Crippen molar-refractivity contribution >= 4 is 29.7 Å². The SMILES string of the molecule is CC(=O)NC1C(OCCCCC(=O)NCCOCCOCC#Cc2cn([C@H]3C[C@@H](O)[C@@H](CO)O3)c(=O)[nH]c2=O)OC(COC(C)=O)C(OC(C)=O)[C@@H]1OC(C)=O. The highest BCUT2D eigenvalue weighted by Crippen LogP contribution is 2.29. The third-order valence-electron chi connectivity index (χ3n) is 8.15. The van der Waals surface area contributed by atoms with Gasteiger partial charge < -0.3 is 58.7 Å². The monoisotopic (exact) mass is 798 g/mol. The van der Waals surface area contributed by atoms with E-state index in [4.69, 9.17) is 37.9 Å². The predicted molar refractivity (Wildman–Crippen MR) is 188 cm³/mol. The summed E-state index contributed by atoms with van der Waals surface area (Å²) in [7, 11) is 0. The zero-order valence-corrected chi connectivity index (χ0v) is 31.6.